The molecule has 1 fully saturated rings. The van der Waals surface area contributed by atoms with Gasteiger partial charge in [0.25, 0.3) is 0 Å². The summed E-state index contributed by atoms with van der Waals surface area (Å²) in [5, 5.41) is 13.0. The number of rotatable bonds is 7. The van der Waals surface area contributed by atoms with Gasteiger partial charge in [-0.1, -0.05) is 12.1 Å². The molecular weight excluding hydrogens is 424 g/mol. The van der Waals surface area contributed by atoms with Gasteiger partial charge in [-0.3, -0.25) is 5.32 Å². The van der Waals surface area contributed by atoms with Gasteiger partial charge in [0.15, 0.2) is 0 Å². The van der Waals surface area contributed by atoms with Crippen LogP contribution in [-0.4, -0.2) is 72.1 Å². The van der Waals surface area contributed by atoms with Gasteiger partial charge in [0.05, 0.1) is 24.8 Å². The maximum absolute atomic E-state index is 12.7. The molecule has 1 aliphatic rings. The zero-order valence-electron chi connectivity index (χ0n) is 19.2. The lowest BCUT2D eigenvalue weighted by atomic mass is 9.94. The van der Waals surface area contributed by atoms with Crippen molar-refractivity contribution < 1.29 is 24.1 Å². The molecule has 1 saturated heterocycles. The van der Waals surface area contributed by atoms with Crippen LogP contribution in [0.5, 0.6) is 11.5 Å². The third-order valence-electron chi connectivity index (χ3n) is 5.88. The number of urea groups is 1. The van der Waals surface area contributed by atoms with Crippen LogP contribution in [-0.2, 0) is 4.74 Å². The number of carbonyl (C=O) groups excluding carboxylic acids is 1. The second kappa shape index (κ2) is 9.68. The van der Waals surface area contributed by atoms with Crippen molar-refractivity contribution in [3.63, 3.8) is 0 Å². The minimum atomic E-state index is -0.722. The van der Waals surface area contributed by atoms with Gasteiger partial charge in [-0.15, -0.1) is 0 Å². The number of H-pyrrole nitrogens is 1. The van der Waals surface area contributed by atoms with Crippen molar-refractivity contribution in [3.8, 4) is 22.6 Å². The molecule has 0 aliphatic carbocycles. The molecule has 9 heteroatoms. The largest absolute Gasteiger partial charge is 0.494 e. The number of carbonyl (C=O) groups is 1. The Kier molecular flexibility index (Phi) is 6.71. The molecule has 176 valence electrons. The predicted molar refractivity (Wildman–Crippen MR) is 126 cm³/mol. The molecule has 0 radical (unpaired) electrons. The lowest BCUT2D eigenvalue weighted by Crippen LogP contribution is -2.46. The van der Waals surface area contributed by atoms with Gasteiger partial charge in [0, 0.05) is 25.8 Å². The highest BCUT2D eigenvalue weighted by Gasteiger charge is 2.30. The van der Waals surface area contributed by atoms with Crippen molar-refractivity contribution in [2.24, 2.45) is 0 Å². The van der Waals surface area contributed by atoms with E-state index in [2.05, 4.69) is 15.3 Å². The molecule has 0 spiro atoms. The number of nitrogens with zero attached hydrogens (tertiary/aromatic N) is 2. The van der Waals surface area contributed by atoms with Crippen molar-refractivity contribution in [3.05, 3.63) is 36.4 Å². The topological polar surface area (TPSA) is 109 Å². The lowest BCUT2D eigenvalue weighted by Gasteiger charge is -2.35. The van der Waals surface area contributed by atoms with Gasteiger partial charge < -0.3 is 29.2 Å². The second-order valence-electron chi connectivity index (χ2n) is 8.41. The summed E-state index contributed by atoms with van der Waals surface area (Å²) in [4.78, 5) is 22.2. The van der Waals surface area contributed by atoms with Gasteiger partial charge in [-0.05, 0) is 49.6 Å². The van der Waals surface area contributed by atoms with Crippen LogP contribution in [0.1, 0.15) is 19.8 Å². The zero-order valence-corrected chi connectivity index (χ0v) is 19.2. The molecule has 0 unspecified atom stereocenters. The van der Waals surface area contributed by atoms with E-state index in [1.165, 1.54) is 0 Å². The van der Waals surface area contributed by atoms with Gasteiger partial charge in [-0.25, -0.2) is 9.78 Å². The first-order valence-corrected chi connectivity index (χ1v) is 11.0. The van der Waals surface area contributed by atoms with E-state index in [-0.39, 0.29) is 6.03 Å². The number of benzene rings is 2. The molecule has 3 aromatic rings. The number of amides is 2. The Morgan fingerprint density at radius 3 is 2.73 bits per heavy atom. The number of hydrogen-bond acceptors (Lipinski definition) is 6. The van der Waals surface area contributed by atoms with E-state index in [1.54, 1.807) is 26.0 Å². The molecule has 2 aromatic carbocycles. The number of imidazole rings is 1. The number of aromatic nitrogens is 2. The van der Waals surface area contributed by atoms with Crippen molar-refractivity contribution >= 4 is 23.0 Å². The first-order valence-electron chi connectivity index (χ1n) is 11.0. The zero-order chi connectivity index (χ0) is 23.4. The molecule has 0 bridgehead atoms. The van der Waals surface area contributed by atoms with Gasteiger partial charge >= 0.3 is 6.03 Å². The third kappa shape index (κ3) is 5.20. The van der Waals surface area contributed by atoms with Crippen LogP contribution < -0.4 is 14.8 Å². The van der Waals surface area contributed by atoms with Crippen LogP contribution in [0.25, 0.3) is 22.2 Å². The Labute approximate surface area is 192 Å². The van der Waals surface area contributed by atoms with Gasteiger partial charge in [0.1, 0.15) is 23.6 Å². The van der Waals surface area contributed by atoms with Crippen LogP contribution in [0.15, 0.2) is 36.4 Å². The molecule has 0 saturated carbocycles. The van der Waals surface area contributed by atoms with Crippen molar-refractivity contribution in [1.82, 2.24) is 14.9 Å². The molecule has 33 heavy (non-hydrogen) atoms. The molecule has 3 N–H and O–H groups in total. The van der Waals surface area contributed by atoms with E-state index in [1.807, 2.05) is 36.4 Å². The Balaban J connectivity index is 1.60. The van der Waals surface area contributed by atoms with E-state index in [9.17, 15) is 9.90 Å². The minimum Gasteiger partial charge on any atom is -0.494 e. The fourth-order valence-corrected chi connectivity index (χ4v) is 3.90. The number of nitrogens with one attached hydrogen (secondary N) is 2. The number of aromatic amines is 1. The van der Waals surface area contributed by atoms with Crippen LogP contribution in [0.3, 0.4) is 0 Å². The summed E-state index contributed by atoms with van der Waals surface area (Å²) >= 11 is 0. The Morgan fingerprint density at radius 1 is 1.21 bits per heavy atom. The summed E-state index contributed by atoms with van der Waals surface area (Å²) < 4.78 is 16.3. The summed E-state index contributed by atoms with van der Waals surface area (Å²) in [6.45, 7) is 3.75. The highest BCUT2D eigenvalue weighted by Crippen LogP contribution is 2.35. The Bertz CT molecular complexity index is 1120. The van der Waals surface area contributed by atoms with Crippen molar-refractivity contribution in [2.75, 3.05) is 45.8 Å². The summed E-state index contributed by atoms with van der Waals surface area (Å²) in [5.74, 6) is 1.68. The predicted octanol–water partition coefficient (Wildman–Crippen LogP) is 3.64. The number of piperidine rings is 1. The van der Waals surface area contributed by atoms with Gasteiger partial charge in [0.2, 0.25) is 5.95 Å². The molecule has 2 amide bonds. The van der Waals surface area contributed by atoms with E-state index in [0.29, 0.717) is 56.4 Å². The third-order valence-corrected chi connectivity index (χ3v) is 5.88. The number of ether oxygens (including phenoxy) is 3. The van der Waals surface area contributed by atoms with Crippen molar-refractivity contribution in [1.29, 1.82) is 0 Å². The Hall–Kier alpha value is -3.30. The summed E-state index contributed by atoms with van der Waals surface area (Å²) in [5.41, 5.74) is 2.50. The monoisotopic (exact) mass is 454 g/mol. The summed E-state index contributed by atoms with van der Waals surface area (Å²) in [6, 6.07) is 11.3. The lowest BCUT2D eigenvalue weighted by molar-refractivity contribution is 0.00569. The Morgan fingerprint density at radius 2 is 2.00 bits per heavy atom. The van der Waals surface area contributed by atoms with E-state index in [0.717, 1.165) is 22.4 Å². The smallest absolute Gasteiger partial charge is 0.324 e. The molecule has 4 rings (SSSR count). The number of methoxy groups -OCH3 is 2. The quantitative estimate of drug-likeness (QED) is 0.470. The number of aliphatic hydroxyl groups is 1. The van der Waals surface area contributed by atoms with Gasteiger partial charge in [-0.2, -0.15) is 0 Å². The fraction of sp³-hybridized carbons (Fsp3) is 0.417. The van der Waals surface area contributed by atoms with Crippen LogP contribution in [0.4, 0.5) is 10.7 Å². The van der Waals surface area contributed by atoms with Crippen LogP contribution in [0, 0.1) is 0 Å². The summed E-state index contributed by atoms with van der Waals surface area (Å²) in [6.07, 6.45) is 1.09. The van der Waals surface area contributed by atoms with E-state index < -0.39 is 5.60 Å². The number of fused-ring (bicyclic) bond motifs is 1. The first kappa shape index (κ1) is 22.9. The van der Waals surface area contributed by atoms with Crippen LogP contribution in [0.2, 0.25) is 0 Å². The molecule has 2 heterocycles. The molecule has 0 atom stereocenters. The van der Waals surface area contributed by atoms with E-state index in [4.69, 9.17) is 14.2 Å². The van der Waals surface area contributed by atoms with Crippen molar-refractivity contribution in [2.45, 2.75) is 25.4 Å². The highest BCUT2D eigenvalue weighted by atomic mass is 16.5. The molecular formula is C24H30N4O5. The van der Waals surface area contributed by atoms with E-state index >= 15 is 0 Å². The highest BCUT2D eigenvalue weighted by molar-refractivity contribution is 5.98. The molecule has 1 aliphatic heterocycles. The summed E-state index contributed by atoms with van der Waals surface area (Å²) in [7, 11) is 3.22. The first-order chi connectivity index (χ1) is 15.9. The average molecular weight is 455 g/mol. The minimum absolute atomic E-state index is 0.251. The molecule has 1 aromatic heterocycles. The number of hydrogen-bond donors (Lipinski definition) is 3. The SMILES string of the molecule is COCCOc1cccc(-c2ccc(OC)c3nc(NC(=O)N4CCC(C)(O)CC4)[nH]c23)c1. The number of likely N-dealkylation sites (tertiary alicyclic amines) is 1. The maximum Gasteiger partial charge on any atom is 0.324 e. The average Bonchev–Trinajstić information content (AvgIpc) is 3.22. The second-order valence-corrected chi connectivity index (χ2v) is 8.41. The normalized spacial score (nSPS) is 15.5. The molecule has 9 nitrogen and oxygen atoms in total. The maximum atomic E-state index is 12.7. The fourth-order valence-electron chi connectivity index (χ4n) is 3.90. The number of anilines is 1. The standard InChI is InChI=1S/C24H30N4O5/c1-24(30)9-11-28(12-10-24)23(29)27-22-25-20-18(7-8-19(32-3)21(20)26-22)16-5-4-6-17(15-16)33-14-13-31-2/h4-8,15,30H,9-14H2,1-3H3,(H2,25,26,27,29). The van der Waals surface area contributed by atoms with Crippen LogP contribution >= 0.6 is 0 Å².